The number of nitrogens with zero attached hydrogens (tertiary/aromatic N) is 1. The Morgan fingerprint density at radius 2 is 2.04 bits per heavy atom. The minimum absolute atomic E-state index is 0.114. The van der Waals surface area contributed by atoms with Crippen molar-refractivity contribution in [3.8, 4) is 0 Å². The Hall–Kier alpha value is -1.42. The fraction of sp³-hybridized carbons (Fsp3) is 0.650. The molecule has 2 heterocycles. The van der Waals surface area contributed by atoms with Crippen LogP contribution in [0.2, 0.25) is 0 Å². The van der Waals surface area contributed by atoms with Gasteiger partial charge in [0.1, 0.15) is 5.82 Å². The highest BCUT2D eigenvalue weighted by molar-refractivity contribution is 5.77. The summed E-state index contributed by atoms with van der Waals surface area (Å²) < 4.78 is 13.2. The fourth-order valence-electron chi connectivity index (χ4n) is 4.19. The molecule has 3 atom stereocenters. The highest BCUT2D eigenvalue weighted by Gasteiger charge is 2.30. The van der Waals surface area contributed by atoms with Crippen LogP contribution in [-0.2, 0) is 4.79 Å². The number of hydrogen-bond donors (Lipinski definition) is 1. The van der Waals surface area contributed by atoms with Crippen LogP contribution in [0.5, 0.6) is 0 Å². The van der Waals surface area contributed by atoms with Gasteiger partial charge in [0.2, 0.25) is 5.91 Å². The van der Waals surface area contributed by atoms with Crippen molar-refractivity contribution in [2.24, 2.45) is 11.8 Å². The SMILES string of the molecule is CC(CC(=O)N1CCCCC1c1ccc(F)cc1)C1CCCNC1. The molecular weight excluding hydrogens is 303 g/mol. The van der Waals surface area contributed by atoms with E-state index in [4.69, 9.17) is 0 Å². The van der Waals surface area contributed by atoms with E-state index >= 15 is 0 Å². The molecule has 1 aromatic rings. The summed E-state index contributed by atoms with van der Waals surface area (Å²) in [5.74, 6) is 1.07. The van der Waals surface area contributed by atoms with Gasteiger partial charge in [0.25, 0.3) is 0 Å². The lowest BCUT2D eigenvalue weighted by Gasteiger charge is -2.37. The Morgan fingerprint density at radius 1 is 1.25 bits per heavy atom. The molecule has 0 radical (unpaired) electrons. The summed E-state index contributed by atoms with van der Waals surface area (Å²) in [6.07, 6.45) is 6.26. The van der Waals surface area contributed by atoms with Crippen LogP contribution in [0.1, 0.15) is 57.1 Å². The van der Waals surface area contributed by atoms with Crippen LogP contribution in [0.3, 0.4) is 0 Å². The second-order valence-electron chi connectivity index (χ2n) is 7.44. The monoisotopic (exact) mass is 332 g/mol. The van der Waals surface area contributed by atoms with Crippen molar-refractivity contribution < 1.29 is 9.18 Å². The molecule has 2 fully saturated rings. The van der Waals surface area contributed by atoms with E-state index in [1.165, 1.54) is 25.0 Å². The third-order valence-corrected chi connectivity index (χ3v) is 5.71. The van der Waals surface area contributed by atoms with Gasteiger partial charge >= 0.3 is 0 Å². The molecule has 1 N–H and O–H groups in total. The Kier molecular flexibility index (Phi) is 5.88. The van der Waals surface area contributed by atoms with Crippen molar-refractivity contribution in [2.75, 3.05) is 19.6 Å². The Bertz CT molecular complexity index is 539. The number of hydrogen-bond acceptors (Lipinski definition) is 2. The Morgan fingerprint density at radius 3 is 2.75 bits per heavy atom. The Labute approximate surface area is 144 Å². The zero-order valence-corrected chi connectivity index (χ0v) is 14.6. The van der Waals surface area contributed by atoms with Crippen LogP contribution in [0.25, 0.3) is 0 Å². The van der Waals surface area contributed by atoms with Crippen molar-refractivity contribution in [2.45, 2.75) is 51.5 Å². The molecule has 132 valence electrons. The summed E-state index contributed by atoms with van der Waals surface area (Å²) in [7, 11) is 0. The van der Waals surface area contributed by atoms with E-state index in [2.05, 4.69) is 12.2 Å². The van der Waals surface area contributed by atoms with Crippen molar-refractivity contribution >= 4 is 5.91 Å². The largest absolute Gasteiger partial charge is 0.336 e. The van der Waals surface area contributed by atoms with Crippen LogP contribution < -0.4 is 5.32 Å². The molecule has 0 bridgehead atoms. The molecule has 2 saturated heterocycles. The minimum atomic E-state index is -0.217. The highest BCUT2D eigenvalue weighted by Crippen LogP contribution is 2.33. The van der Waals surface area contributed by atoms with Gasteiger partial charge in [-0.05, 0) is 74.7 Å². The average molecular weight is 332 g/mol. The Balaban J connectivity index is 1.65. The predicted octanol–water partition coefficient (Wildman–Crippen LogP) is 3.91. The summed E-state index contributed by atoms with van der Waals surface area (Å²) in [5.41, 5.74) is 1.07. The quantitative estimate of drug-likeness (QED) is 0.907. The van der Waals surface area contributed by atoms with Gasteiger partial charge in [-0.3, -0.25) is 4.79 Å². The lowest BCUT2D eigenvalue weighted by atomic mass is 9.84. The fourth-order valence-corrected chi connectivity index (χ4v) is 4.19. The van der Waals surface area contributed by atoms with Crippen molar-refractivity contribution in [1.82, 2.24) is 10.2 Å². The number of piperidine rings is 2. The second-order valence-corrected chi connectivity index (χ2v) is 7.44. The number of nitrogens with one attached hydrogen (secondary N) is 1. The summed E-state index contributed by atoms with van der Waals surface area (Å²) in [6.45, 7) is 5.19. The van der Waals surface area contributed by atoms with Gasteiger partial charge in [0, 0.05) is 13.0 Å². The van der Waals surface area contributed by atoms with Gasteiger partial charge in [-0.15, -0.1) is 0 Å². The molecule has 3 rings (SSSR count). The van der Waals surface area contributed by atoms with E-state index in [0.717, 1.165) is 44.5 Å². The molecule has 3 unspecified atom stereocenters. The average Bonchev–Trinajstić information content (AvgIpc) is 2.63. The molecule has 2 aliphatic heterocycles. The molecule has 0 spiro atoms. The summed E-state index contributed by atoms with van der Waals surface area (Å²) in [5, 5.41) is 3.45. The maximum atomic E-state index is 13.2. The van der Waals surface area contributed by atoms with Gasteiger partial charge in [-0.2, -0.15) is 0 Å². The minimum Gasteiger partial charge on any atom is -0.336 e. The first-order chi connectivity index (χ1) is 11.6. The van der Waals surface area contributed by atoms with Crippen molar-refractivity contribution in [1.29, 1.82) is 0 Å². The zero-order valence-electron chi connectivity index (χ0n) is 14.6. The molecule has 1 aromatic carbocycles. The lowest BCUT2D eigenvalue weighted by Crippen LogP contribution is -2.41. The van der Waals surface area contributed by atoms with E-state index in [1.807, 2.05) is 17.0 Å². The van der Waals surface area contributed by atoms with E-state index < -0.39 is 0 Å². The van der Waals surface area contributed by atoms with Crippen LogP contribution in [0.4, 0.5) is 4.39 Å². The molecule has 0 aromatic heterocycles. The predicted molar refractivity (Wildman–Crippen MR) is 94.1 cm³/mol. The number of rotatable bonds is 4. The van der Waals surface area contributed by atoms with Crippen molar-refractivity contribution in [3.05, 3.63) is 35.6 Å². The maximum Gasteiger partial charge on any atom is 0.223 e. The number of carbonyl (C=O) groups excluding carboxylic acids is 1. The molecule has 3 nitrogen and oxygen atoms in total. The second kappa shape index (κ2) is 8.11. The third kappa shape index (κ3) is 4.15. The van der Waals surface area contributed by atoms with E-state index in [9.17, 15) is 9.18 Å². The summed E-state index contributed by atoms with van der Waals surface area (Å²) in [6, 6.07) is 6.79. The zero-order chi connectivity index (χ0) is 16.9. The molecule has 24 heavy (non-hydrogen) atoms. The first-order valence-electron chi connectivity index (χ1n) is 9.41. The first kappa shape index (κ1) is 17.4. The standard InChI is InChI=1S/C20H29FN2O/c1-15(17-5-4-11-22-14-17)13-20(24)23-12-3-2-6-19(23)16-7-9-18(21)10-8-16/h7-10,15,17,19,22H,2-6,11-14H2,1H3. The smallest absolute Gasteiger partial charge is 0.223 e. The van der Waals surface area contributed by atoms with Crippen LogP contribution in [0, 0.1) is 17.7 Å². The van der Waals surface area contributed by atoms with Gasteiger partial charge in [-0.25, -0.2) is 4.39 Å². The normalized spacial score (nSPS) is 26.2. The number of amides is 1. The molecule has 2 aliphatic rings. The van der Waals surface area contributed by atoms with Crippen LogP contribution in [0.15, 0.2) is 24.3 Å². The lowest BCUT2D eigenvalue weighted by molar-refractivity contribution is -0.136. The summed E-state index contributed by atoms with van der Waals surface area (Å²) >= 11 is 0. The number of carbonyl (C=O) groups is 1. The number of likely N-dealkylation sites (tertiary alicyclic amines) is 1. The van der Waals surface area contributed by atoms with E-state index in [1.54, 1.807) is 0 Å². The third-order valence-electron chi connectivity index (χ3n) is 5.71. The molecule has 0 aliphatic carbocycles. The molecule has 1 amide bonds. The van der Waals surface area contributed by atoms with Crippen LogP contribution >= 0.6 is 0 Å². The van der Waals surface area contributed by atoms with Crippen LogP contribution in [-0.4, -0.2) is 30.4 Å². The molecule has 0 saturated carbocycles. The van der Waals surface area contributed by atoms with Gasteiger partial charge < -0.3 is 10.2 Å². The topological polar surface area (TPSA) is 32.3 Å². The van der Waals surface area contributed by atoms with E-state index in [-0.39, 0.29) is 17.8 Å². The molecular formula is C20H29FN2O. The first-order valence-corrected chi connectivity index (χ1v) is 9.41. The van der Waals surface area contributed by atoms with Gasteiger partial charge in [0.05, 0.1) is 6.04 Å². The van der Waals surface area contributed by atoms with Gasteiger partial charge in [-0.1, -0.05) is 19.1 Å². The summed E-state index contributed by atoms with van der Waals surface area (Å²) in [4.78, 5) is 15.0. The maximum absolute atomic E-state index is 13.2. The highest BCUT2D eigenvalue weighted by atomic mass is 19.1. The van der Waals surface area contributed by atoms with Gasteiger partial charge in [0.15, 0.2) is 0 Å². The number of benzene rings is 1. The van der Waals surface area contributed by atoms with E-state index in [0.29, 0.717) is 18.3 Å². The number of halogens is 1. The molecule has 4 heteroatoms. The van der Waals surface area contributed by atoms with Crippen molar-refractivity contribution in [3.63, 3.8) is 0 Å².